The molecular formula is C18H19ClN2O4S2. The molecule has 2 aromatic rings. The number of fused-ring (bicyclic) bond motifs is 1. The largest absolute Gasteiger partial charge is 0.476 e. The van der Waals surface area contributed by atoms with Crippen LogP contribution in [0.25, 0.3) is 0 Å². The van der Waals surface area contributed by atoms with Crippen LogP contribution in [0.3, 0.4) is 0 Å². The van der Waals surface area contributed by atoms with Crippen LogP contribution in [-0.4, -0.2) is 39.0 Å². The van der Waals surface area contributed by atoms with Gasteiger partial charge in [-0.05, 0) is 36.1 Å². The lowest BCUT2D eigenvalue weighted by molar-refractivity contribution is -0.122. The molecule has 9 heteroatoms. The number of hydrogen-bond acceptors (Lipinski definition) is 5. The van der Waals surface area contributed by atoms with Gasteiger partial charge in [0.25, 0.3) is 5.91 Å². The van der Waals surface area contributed by atoms with Crippen molar-refractivity contribution >= 4 is 50.7 Å². The standard InChI is InChI=1S/C18H19ClN2O4S2/c1-3-26-17-7-5-4-6-13(17)20-18(22)16-11-21(27(2,23)24)14-10-12(19)8-9-15(14)25-16/h4-10,16H,3,11H2,1-2H3,(H,20,22)/t16-/m0/s1. The van der Waals surface area contributed by atoms with Crippen LogP contribution in [0.1, 0.15) is 6.92 Å². The van der Waals surface area contributed by atoms with E-state index >= 15 is 0 Å². The second-order valence-electron chi connectivity index (χ2n) is 5.93. The summed E-state index contributed by atoms with van der Waals surface area (Å²) in [5.41, 5.74) is 1.00. The molecular weight excluding hydrogens is 408 g/mol. The Labute approximate surface area is 167 Å². The highest BCUT2D eigenvalue weighted by atomic mass is 35.5. The van der Waals surface area contributed by atoms with Crippen LogP contribution in [-0.2, 0) is 14.8 Å². The van der Waals surface area contributed by atoms with E-state index in [1.54, 1.807) is 30.0 Å². The van der Waals surface area contributed by atoms with Crippen LogP contribution in [0.5, 0.6) is 5.75 Å². The van der Waals surface area contributed by atoms with E-state index < -0.39 is 22.0 Å². The van der Waals surface area contributed by atoms with Gasteiger partial charge >= 0.3 is 0 Å². The van der Waals surface area contributed by atoms with Crippen molar-refractivity contribution in [1.82, 2.24) is 0 Å². The zero-order valence-electron chi connectivity index (χ0n) is 14.8. The number of hydrogen-bond donors (Lipinski definition) is 1. The molecule has 0 saturated carbocycles. The summed E-state index contributed by atoms with van der Waals surface area (Å²) in [6.45, 7) is 1.90. The Morgan fingerprint density at radius 3 is 2.78 bits per heavy atom. The topological polar surface area (TPSA) is 75.7 Å². The number of sulfonamides is 1. The summed E-state index contributed by atoms with van der Waals surface area (Å²) < 4.78 is 31.3. The van der Waals surface area contributed by atoms with Crippen molar-refractivity contribution in [3.63, 3.8) is 0 Å². The lowest BCUT2D eigenvalue weighted by atomic mass is 10.2. The number of halogens is 1. The van der Waals surface area contributed by atoms with Crippen LogP contribution in [0.15, 0.2) is 47.4 Å². The first-order chi connectivity index (χ1) is 12.8. The molecule has 0 bridgehead atoms. The van der Waals surface area contributed by atoms with E-state index in [0.29, 0.717) is 22.1 Å². The maximum atomic E-state index is 12.8. The van der Waals surface area contributed by atoms with Gasteiger partial charge in [-0.15, -0.1) is 11.8 Å². The molecule has 3 rings (SSSR count). The van der Waals surface area contributed by atoms with Crippen LogP contribution in [0.2, 0.25) is 5.02 Å². The smallest absolute Gasteiger partial charge is 0.267 e. The Morgan fingerprint density at radius 2 is 2.07 bits per heavy atom. The van der Waals surface area contributed by atoms with Gasteiger partial charge in [0.2, 0.25) is 10.0 Å². The van der Waals surface area contributed by atoms with Crippen molar-refractivity contribution < 1.29 is 17.9 Å². The SMILES string of the molecule is CCSc1ccccc1NC(=O)[C@@H]1CN(S(C)(=O)=O)c2cc(Cl)ccc2O1. The molecule has 0 unspecified atom stereocenters. The van der Waals surface area contributed by atoms with E-state index in [0.717, 1.165) is 21.2 Å². The van der Waals surface area contributed by atoms with Crippen molar-refractivity contribution in [1.29, 1.82) is 0 Å². The lowest BCUT2D eigenvalue weighted by Gasteiger charge is -2.34. The molecule has 0 saturated heterocycles. The second kappa shape index (κ2) is 8.00. The highest BCUT2D eigenvalue weighted by Crippen LogP contribution is 2.37. The summed E-state index contributed by atoms with van der Waals surface area (Å²) in [5.74, 6) is 0.754. The predicted octanol–water partition coefficient (Wildman–Crippen LogP) is 3.62. The molecule has 1 aliphatic rings. The Bertz CT molecular complexity index is 966. The molecule has 1 aliphatic heterocycles. The first-order valence-corrected chi connectivity index (χ1v) is 11.5. The molecule has 1 atom stereocenters. The fourth-order valence-corrected chi connectivity index (χ4v) is 4.57. The molecule has 27 heavy (non-hydrogen) atoms. The number of anilines is 2. The molecule has 0 aliphatic carbocycles. The van der Waals surface area contributed by atoms with Gasteiger partial charge in [-0.1, -0.05) is 30.7 Å². The minimum Gasteiger partial charge on any atom is -0.476 e. The predicted molar refractivity (Wildman–Crippen MR) is 110 cm³/mol. The van der Waals surface area contributed by atoms with Crippen molar-refractivity contribution in [3.8, 4) is 5.75 Å². The van der Waals surface area contributed by atoms with E-state index in [1.165, 1.54) is 6.07 Å². The van der Waals surface area contributed by atoms with Crippen molar-refractivity contribution in [3.05, 3.63) is 47.5 Å². The first kappa shape index (κ1) is 19.9. The van der Waals surface area contributed by atoms with Gasteiger partial charge < -0.3 is 10.1 Å². The highest BCUT2D eigenvalue weighted by Gasteiger charge is 2.35. The third-order valence-electron chi connectivity index (χ3n) is 3.93. The monoisotopic (exact) mass is 426 g/mol. The van der Waals surface area contributed by atoms with Gasteiger partial charge in [-0.25, -0.2) is 8.42 Å². The van der Waals surface area contributed by atoms with E-state index in [-0.39, 0.29) is 6.54 Å². The summed E-state index contributed by atoms with van der Waals surface area (Å²) >= 11 is 7.60. The number of ether oxygens (including phenoxy) is 1. The number of nitrogens with zero attached hydrogens (tertiary/aromatic N) is 1. The Balaban J connectivity index is 1.88. The number of carbonyl (C=O) groups excluding carboxylic acids is 1. The van der Waals surface area contributed by atoms with Gasteiger partial charge in [0, 0.05) is 9.92 Å². The maximum Gasteiger partial charge on any atom is 0.267 e. The fraction of sp³-hybridized carbons (Fsp3) is 0.278. The van der Waals surface area contributed by atoms with Gasteiger partial charge in [-0.2, -0.15) is 0 Å². The normalized spacial score (nSPS) is 16.4. The molecule has 0 aromatic heterocycles. The fourth-order valence-electron chi connectivity index (χ4n) is 2.74. The summed E-state index contributed by atoms with van der Waals surface area (Å²) in [6, 6.07) is 12.1. The molecule has 1 amide bonds. The van der Waals surface area contributed by atoms with Crippen molar-refractivity contribution in [2.75, 3.05) is 28.2 Å². The molecule has 1 N–H and O–H groups in total. The molecule has 144 valence electrons. The number of nitrogens with one attached hydrogen (secondary N) is 1. The summed E-state index contributed by atoms with van der Waals surface area (Å²) in [4.78, 5) is 13.7. The molecule has 0 radical (unpaired) electrons. The molecule has 0 spiro atoms. The zero-order valence-corrected chi connectivity index (χ0v) is 17.2. The maximum absolute atomic E-state index is 12.8. The van der Waals surface area contributed by atoms with E-state index in [1.807, 2.05) is 25.1 Å². The number of amides is 1. The van der Waals surface area contributed by atoms with Gasteiger partial charge in [0.1, 0.15) is 5.75 Å². The highest BCUT2D eigenvalue weighted by molar-refractivity contribution is 7.99. The van der Waals surface area contributed by atoms with Gasteiger partial charge in [-0.3, -0.25) is 9.10 Å². The molecule has 1 heterocycles. The quantitative estimate of drug-likeness (QED) is 0.739. The number of para-hydroxylation sites is 1. The average molecular weight is 427 g/mol. The number of thioether (sulfide) groups is 1. The van der Waals surface area contributed by atoms with E-state index in [2.05, 4.69) is 5.32 Å². The summed E-state index contributed by atoms with van der Waals surface area (Å²) in [5, 5.41) is 3.24. The van der Waals surface area contributed by atoms with Crippen molar-refractivity contribution in [2.24, 2.45) is 0 Å². The average Bonchev–Trinajstić information content (AvgIpc) is 2.61. The van der Waals surface area contributed by atoms with Crippen LogP contribution >= 0.6 is 23.4 Å². The minimum atomic E-state index is -3.60. The number of benzene rings is 2. The van der Waals surface area contributed by atoms with Gasteiger partial charge in [0.05, 0.1) is 24.2 Å². The lowest BCUT2D eigenvalue weighted by Crippen LogP contribution is -2.48. The summed E-state index contributed by atoms with van der Waals surface area (Å²) in [6.07, 6.45) is 0.110. The Morgan fingerprint density at radius 1 is 1.33 bits per heavy atom. The number of rotatable bonds is 5. The molecule has 6 nitrogen and oxygen atoms in total. The molecule has 0 fully saturated rings. The third kappa shape index (κ3) is 4.51. The van der Waals surface area contributed by atoms with Gasteiger partial charge in [0.15, 0.2) is 6.10 Å². The Hall–Kier alpha value is -1.90. The zero-order chi connectivity index (χ0) is 19.6. The first-order valence-electron chi connectivity index (χ1n) is 8.26. The van der Waals surface area contributed by atoms with Crippen LogP contribution < -0.4 is 14.4 Å². The van der Waals surface area contributed by atoms with E-state index in [4.69, 9.17) is 16.3 Å². The van der Waals surface area contributed by atoms with E-state index in [9.17, 15) is 13.2 Å². The van der Waals surface area contributed by atoms with Crippen molar-refractivity contribution in [2.45, 2.75) is 17.9 Å². The Kier molecular flexibility index (Phi) is 5.88. The third-order valence-corrected chi connectivity index (χ3v) is 6.27. The second-order valence-corrected chi connectivity index (χ2v) is 9.58. The molecule has 2 aromatic carbocycles. The summed E-state index contributed by atoms with van der Waals surface area (Å²) in [7, 11) is -3.60. The minimum absolute atomic E-state index is 0.124. The number of carbonyl (C=O) groups is 1. The van der Waals surface area contributed by atoms with Crippen LogP contribution in [0, 0.1) is 0 Å². The van der Waals surface area contributed by atoms with Crippen LogP contribution in [0.4, 0.5) is 11.4 Å².